The summed E-state index contributed by atoms with van der Waals surface area (Å²) in [5, 5.41) is 8.67. The molecule has 0 amide bonds. The summed E-state index contributed by atoms with van der Waals surface area (Å²) in [7, 11) is 1.45. The topological polar surface area (TPSA) is 46.5 Å². The van der Waals surface area contributed by atoms with Gasteiger partial charge in [-0.25, -0.2) is 0 Å². The molecule has 0 heterocycles. The van der Waals surface area contributed by atoms with Gasteiger partial charge in [0.2, 0.25) is 0 Å². The van der Waals surface area contributed by atoms with Gasteiger partial charge in [0, 0.05) is 13.0 Å². The van der Waals surface area contributed by atoms with E-state index in [0.29, 0.717) is 13.0 Å². The van der Waals surface area contributed by atoms with Crippen molar-refractivity contribution in [2.45, 2.75) is 77.0 Å². The highest BCUT2D eigenvalue weighted by atomic mass is 32.2. The molecule has 0 unspecified atom stereocenters. The number of carbonyl (C=O) groups is 1. The zero-order chi connectivity index (χ0) is 15.6. The molecule has 0 aromatic carbocycles. The van der Waals surface area contributed by atoms with Crippen LogP contribution in [0.3, 0.4) is 0 Å². The Hall–Kier alpha value is -0.220. The van der Waals surface area contributed by atoms with Crippen LogP contribution in [0.4, 0.5) is 0 Å². The van der Waals surface area contributed by atoms with Crippen molar-refractivity contribution < 1.29 is 14.6 Å². The molecule has 0 aliphatic carbocycles. The summed E-state index contributed by atoms with van der Waals surface area (Å²) in [6, 6.07) is 0. The number of thioether (sulfide) groups is 1. The van der Waals surface area contributed by atoms with Crippen LogP contribution in [0, 0.1) is 0 Å². The second-order valence-electron chi connectivity index (χ2n) is 5.55. The third kappa shape index (κ3) is 17.7. The summed E-state index contributed by atoms with van der Waals surface area (Å²) in [5.41, 5.74) is 0. The average molecular weight is 319 g/mol. The lowest BCUT2D eigenvalue weighted by molar-refractivity contribution is -0.140. The number of unbranched alkanes of at least 4 members (excludes halogenated alkanes) is 9. The van der Waals surface area contributed by atoms with Gasteiger partial charge in [0.25, 0.3) is 0 Å². The predicted molar refractivity (Wildman–Crippen MR) is 91.8 cm³/mol. The molecule has 0 aliphatic heterocycles. The van der Waals surface area contributed by atoms with E-state index in [9.17, 15) is 4.79 Å². The van der Waals surface area contributed by atoms with Crippen LogP contribution in [0.2, 0.25) is 0 Å². The van der Waals surface area contributed by atoms with E-state index in [1.165, 1.54) is 70.0 Å². The van der Waals surface area contributed by atoms with Gasteiger partial charge in [0.05, 0.1) is 7.11 Å². The number of esters is 1. The summed E-state index contributed by atoms with van der Waals surface area (Å²) in [4.78, 5) is 10.9. The SMILES string of the molecule is COC(=O)CCCCSCCCCCCCCCCCO. The molecule has 126 valence electrons. The smallest absolute Gasteiger partial charge is 0.305 e. The molecule has 0 aromatic heterocycles. The van der Waals surface area contributed by atoms with Gasteiger partial charge in [-0.05, 0) is 37.2 Å². The molecule has 3 nitrogen and oxygen atoms in total. The molecule has 0 atom stereocenters. The van der Waals surface area contributed by atoms with Crippen LogP contribution in [-0.4, -0.2) is 36.3 Å². The first-order valence-corrected chi connectivity index (χ1v) is 9.72. The fourth-order valence-electron chi connectivity index (χ4n) is 2.23. The van der Waals surface area contributed by atoms with E-state index in [2.05, 4.69) is 4.74 Å². The Morgan fingerprint density at radius 3 is 1.81 bits per heavy atom. The summed E-state index contributed by atoms with van der Waals surface area (Å²) in [6.45, 7) is 0.348. The minimum atomic E-state index is -0.0867. The maximum absolute atomic E-state index is 10.9. The number of hydrogen-bond donors (Lipinski definition) is 1. The first-order valence-electron chi connectivity index (χ1n) is 8.56. The molecule has 0 aliphatic rings. The number of aliphatic hydroxyl groups excluding tert-OH is 1. The number of ether oxygens (including phenoxy) is 1. The largest absolute Gasteiger partial charge is 0.469 e. The maximum Gasteiger partial charge on any atom is 0.305 e. The number of aliphatic hydroxyl groups is 1. The van der Waals surface area contributed by atoms with E-state index in [1.807, 2.05) is 11.8 Å². The quantitative estimate of drug-likeness (QED) is 0.334. The molecule has 0 spiro atoms. The minimum absolute atomic E-state index is 0.0867. The van der Waals surface area contributed by atoms with Crippen LogP contribution in [0.1, 0.15) is 77.0 Å². The monoisotopic (exact) mass is 318 g/mol. The van der Waals surface area contributed by atoms with Gasteiger partial charge < -0.3 is 9.84 Å². The van der Waals surface area contributed by atoms with Crippen molar-refractivity contribution >= 4 is 17.7 Å². The average Bonchev–Trinajstić information content (AvgIpc) is 2.50. The van der Waals surface area contributed by atoms with Crippen molar-refractivity contribution in [2.75, 3.05) is 25.2 Å². The summed E-state index contributed by atoms with van der Waals surface area (Å²) < 4.78 is 4.61. The molecule has 1 N–H and O–H groups in total. The summed E-state index contributed by atoms with van der Waals surface area (Å²) >= 11 is 2.01. The van der Waals surface area contributed by atoms with Gasteiger partial charge in [-0.15, -0.1) is 0 Å². The molecule has 4 heteroatoms. The van der Waals surface area contributed by atoms with E-state index in [0.717, 1.165) is 19.3 Å². The lowest BCUT2D eigenvalue weighted by Crippen LogP contribution is -1.99. The van der Waals surface area contributed by atoms with Crippen LogP contribution in [0.25, 0.3) is 0 Å². The number of carbonyl (C=O) groups excluding carboxylic acids is 1. The first-order chi connectivity index (χ1) is 10.3. The molecular formula is C17H34O3S. The molecule has 0 fully saturated rings. The molecule has 0 radical (unpaired) electrons. The molecule has 0 bridgehead atoms. The van der Waals surface area contributed by atoms with Crippen LogP contribution < -0.4 is 0 Å². The third-order valence-electron chi connectivity index (χ3n) is 3.59. The lowest BCUT2D eigenvalue weighted by atomic mass is 10.1. The van der Waals surface area contributed by atoms with Crippen LogP contribution in [0.5, 0.6) is 0 Å². The Morgan fingerprint density at radius 2 is 1.29 bits per heavy atom. The van der Waals surface area contributed by atoms with E-state index in [1.54, 1.807) is 0 Å². The normalized spacial score (nSPS) is 10.8. The van der Waals surface area contributed by atoms with Crippen molar-refractivity contribution in [1.29, 1.82) is 0 Å². The second-order valence-corrected chi connectivity index (χ2v) is 6.78. The molecule has 0 saturated carbocycles. The third-order valence-corrected chi connectivity index (χ3v) is 4.75. The zero-order valence-electron chi connectivity index (χ0n) is 13.8. The van der Waals surface area contributed by atoms with Crippen molar-refractivity contribution in [3.8, 4) is 0 Å². The van der Waals surface area contributed by atoms with Crippen LogP contribution in [-0.2, 0) is 9.53 Å². The molecule has 0 saturated heterocycles. The molecule has 21 heavy (non-hydrogen) atoms. The Morgan fingerprint density at radius 1 is 0.810 bits per heavy atom. The van der Waals surface area contributed by atoms with E-state index >= 15 is 0 Å². The van der Waals surface area contributed by atoms with Gasteiger partial charge >= 0.3 is 5.97 Å². The van der Waals surface area contributed by atoms with Gasteiger partial charge in [0.1, 0.15) is 0 Å². The minimum Gasteiger partial charge on any atom is -0.469 e. The standard InChI is InChI=1S/C17H34O3S/c1-20-17(19)13-9-12-16-21-15-11-8-6-4-2-3-5-7-10-14-18/h18H,2-16H2,1H3. The van der Waals surface area contributed by atoms with Gasteiger partial charge in [0.15, 0.2) is 0 Å². The Balaban J connectivity index is 2.98. The van der Waals surface area contributed by atoms with Gasteiger partial charge in [-0.3, -0.25) is 4.79 Å². The Labute approximate surface area is 135 Å². The van der Waals surface area contributed by atoms with Crippen molar-refractivity contribution in [3.05, 3.63) is 0 Å². The Bertz CT molecular complexity index is 222. The van der Waals surface area contributed by atoms with Crippen LogP contribution in [0.15, 0.2) is 0 Å². The van der Waals surface area contributed by atoms with Gasteiger partial charge in [-0.2, -0.15) is 11.8 Å². The van der Waals surface area contributed by atoms with Crippen molar-refractivity contribution in [2.24, 2.45) is 0 Å². The maximum atomic E-state index is 10.9. The second kappa shape index (κ2) is 17.8. The number of rotatable bonds is 16. The number of hydrogen-bond acceptors (Lipinski definition) is 4. The predicted octanol–water partition coefficient (Wildman–Crippen LogP) is 4.57. The molecule has 0 rings (SSSR count). The zero-order valence-corrected chi connectivity index (χ0v) is 14.6. The van der Waals surface area contributed by atoms with Crippen molar-refractivity contribution in [1.82, 2.24) is 0 Å². The first kappa shape index (κ1) is 20.8. The fourth-order valence-corrected chi connectivity index (χ4v) is 3.25. The lowest BCUT2D eigenvalue weighted by Gasteiger charge is -2.03. The van der Waals surface area contributed by atoms with Gasteiger partial charge in [-0.1, -0.05) is 44.9 Å². The van der Waals surface area contributed by atoms with E-state index in [-0.39, 0.29) is 5.97 Å². The van der Waals surface area contributed by atoms with E-state index < -0.39 is 0 Å². The molecule has 0 aromatic rings. The van der Waals surface area contributed by atoms with Crippen LogP contribution >= 0.6 is 11.8 Å². The highest BCUT2D eigenvalue weighted by Crippen LogP contribution is 2.13. The molecular weight excluding hydrogens is 284 g/mol. The number of methoxy groups -OCH3 is 1. The van der Waals surface area contributed by atoms with Crippen molar-refractivity contribution in [3.63, 3.8) is 0 Å². The summed E-state index contributed by atoms with van der Waals surface area (Å²) in [5.74, 6) is 2.34. The highest BCUT2D eigenvalue weighted by molar-refractivity contribution is 7.99. The highest BCUT2D eigenvalue weighted by Gasteiger charge is 1.99. The fraction of sp³-hybridized carbons (Fsp3) is 0.941. The van der Waals surface area contributed by atoms with E-state index in [4.69, 9.17) is 5.11 Å². The Kier molecular flexibility index (Phi) is 17.6. The summed E-state index contributed by atoms with van der Waals surface area (Å²) in [6.07, 6.45) is 14.2.